The minimum atomic E-state index is -0.928. The Morgan fingerprint density at radius 2 is 1.80 bits per heavy atom. The number of aryl methyl sites for hydroxylation is 1. The van der Waals surface area contributed by atoms with Gasteiger partial charge in [-0.3, -0.25) is 14.5 Å². The van der Waals surface area contributed by atoms with Crippen molar-refractivity contribution in [3.05, 3.63) is 81.9 Å². The van der Waals surface area contributed by atoms with Crippen LogP contribution in [0.5, 0.6) is 5.75 Å². The van der Waals surface area contributed by atoms with E-state index in [0.717, 1.165) is 17.8 Å². The Balaban J connectivity index is 1.84. The molecule has 0 unspecified atom stereocenters. The maximum atomic E-state index is 13.2. The van der Waals surface area contributed by atoms with Gasteiger partial charge in [-0.25, -0.2) is 9.78 Å². The highest BCUT2D eigenvalue weighted by molar-refractivity contribution is 7.17. The standard InChI is InChI=1S/C26H24N2O6S/c1-4-14-34-18-12-10-17(11-13-18)21(29)19-20(16-8-6-5-7-9-16)28(24(31)22(19)30)26-27-15(2)23(35-26)25(32)33-3/h5-13,20,29H,4,14H2,1-3H3/b21-19+/t20-/m1/s1. The minimum absolute atomic E-state index is 0.0594. The summed E-state index contributed by atoms with van der Waals surface area (Å²) in [7, 11) is 1.26. The maximum absolute atomic E-state index is 13.2. The van der Waals surface area contributed by atoms with Crippen LogP contribution in [0.25, 0.3) is 5.76 Å². The summed E-state index contributed by atoms with van der Waals surface area (Å²) in [6, 6.07) is 14.6. The lowest BCUT2D eigenvalue weighted by molar-refractivity contribution is -0.132. The van der Waals surface area contributed by atoms with Gasteiger partial charge in [0.25, 0.3) is 5.78 Å². The summed E-state index contributed by atoms with van der Waals surface area (Å²) in [6.07, 6.45) is 0.857. The van der Waals surface area contributed by atoms with Gasteiger partial charge < -0.3 is 14.6 Å². The van der Waals surface area contributed by atoms with Crippen molar-refractivity contribution in [1.29, 1.82) is 0 Å². The molecule has 1 saturated heterocycles. The van der Waals surface area contributed by atoms with Crippen LogP contribution in [0.4, 0.5) is 5.13 Å². The van der Waals surface area contributed by atoms with Crippen molar-refractivity contribution >= 4 is 39.9 Å². The second kappa shape index (κ2) is 10.1. The molecule has 0 aliphatic carbocycles. The van der Waals surface area contributed by atoms with Crippen LogP contribution in [0.3, 0.4) is 0 Å². The number of amides is 1. The van der Waals surface area contributed by atoms with Gasteiger partial charge in [-0.15, -0.1) is 0 Å². The van der Waals surface area contributed by atoms with Crippen molar-refractivity contribution in [2.75, 3.05) is 18.6 Å². The second-order valence-corrected chi connectivity index (χ2v) is 8.83. The number of hydrogen-bond acceptors (Lipinski definition) is 8. The van der Waals surface area contributed by atoms with Crippen molar-refractivity contribution < 1.29 is 29.0 Å². The quantitative estimate of drug-likeness (QED) is 0.221. The number of ether oxygens (including phenoxy) is 2. The Bertz CT molecular complexity index is 1300. The molecule has 2 aromatic carbocycles. The van der Waals surface area contributed by atoms with E-state index < -0.39 is 23.7 Å². The van der Waals surface area contributed by atoms with Crippen molar-refractivity contribution in [3.8, 4) is 5.75 Å². The molecule has 9 heteroatoms. The van der Waals surface area contributed by atoms with Crippen molar-refractivity contribution in [2.45, 2.75) is 26.3 Å². The number of thiazole rings is 1. The lowest BCUT2D eigenvalue weighted by Gasteiger charge is -2.23. The number of rotatable bonds is 7. The zero-order valence-electron chi connectivity index (χ0n) is 19.5. The molecule has 3 aromatic rings. The van der Waals surface area contributed by atoms with Gasteiger partial charge in [0.1, 0.15) is 16.4 Å². The molecule has 35 heavy (non-hydrogen) atoms. The average Bonchev–Trinajstić information content (AvgIpc) is 3.39. The first kappa shape index (κ1) is 24.2. The SMILES string of the molecule is CCCOc1ccc(/C(O)=C2\C(=O)C(=O)N(c3nc(C)c(C(=O)OC)s3)[C@@H]2c2ccccc2)cc1. The van der Waals surface area contributed by atoms with Crippen molar-refractivity contribution in [1.82, 2.24) is 4.98 Å². The van der Waals surface area contributed by atoms with Crippen LogP contribution in [0.2, 0.25) is 0 Å². The average molecular weight is 493 g/mol. The highest BCUT2D eigenvalue weighted by Crippen LogP contribution is 2.43. The predicted octanol–water partition coefficient (Wildman–Crippen LogP) is 4.65. The number of aliphatic hydroxyl groups excluding tert-OH is 1. The monoisotopic (exact) mass is 492 g/mol. The summed E-state index contributed by atoms with van der Waals surface area (Å²) in [5.74, 6) is -1.92. The number of ketones is 1. The van der Waals surface area contributed by atoms with Gasteiger partial charge in [0.15, 0.2) is 5.13 Å². The molecule has 0 spiro atoms. The smallest absolute Gasteiger partial charge is 0.350 e. The molecule has 1 aromatic heterocycles. The predicted molar refractivity (Wildman–Crippen MR) is 132 cm³/mol. The Morgan fingerprint density at radius 1 is 1.11 bits per heavy atom. The van der Waals surface area contributed by atoms with E-state index in [9.17, 15) is 19.5 Å². The fourth-order valence-electron chi connectivity index (χ4n) is 3.83. The third-order valence-electron chi connectivity index (χ3n) is 5.52. The zero-order chi connectivity index (χ0) is 25.1. The summed E-state index contributed by atoms with van der Waals surface area (Å²) in [5.41, 5.74) is 1.31. The topological polar surface area (TPSA) is 106 Å². The van der Waals surface area contributed by atoms with Gasteiger partial charge in [-0.1, -0.05) is 48.6 Å². The van der Waals surface area contributed by atoms with E-state index in [1.807, 2.05) is 13.0 Å². The van der Waals surface area contributed by atoms with Crippen LogP contribution in [0.1, 0.15) is 45.9 Å². The summed E-state index contributed by atoms with van der Waals surface area (Å²) < 4.78 is 10.4. The number of carbonyl (C=O) groups excluding carboxylic acids is 3. The number of anilines is 1. The number of methoxy groups -OCH3 is 1. The first-order valence-electron chi connectivity index (χ1n) is 11.0. The van der Waals surface area contributed by atoms with E-state index in [4.69, 9.17) is 9.47 Å². The first-order chi connectivity index (χ1) is 16.9. The molecule has 4 rings (SSSR count). The molecule has 1 fully saturated rings. The number of aliphatic hydroxyl groups is 1. The van der Waals surface area contributed by atoms with E-state index in [1.54, 1.807) is 55.5 Å². The lowest BCUT2D eigenvalue weighted by atomic mass is 9.95. The van der Waals surface area contributed by atoms with Gasteiger partial charge in [0.2, 0.25) is 0 Å². The number of esters is 1. The number of Topliss-reactive ketones (excluding diaryl/α,β-unsaturated/α-hetero) is 1. The zero-order valence-corrected chi connectivity index (χ0v) is 20.3. The van der Waals surface area contributed by atoms with E-state index in [2.05, 4.69) is 4.98 Å². The number of carbonyl (C=O) groups is 3. The fraction of sp³-hybridized carbons (Fsp3) is 0.231. The van der Waals surface area contributed by atoms with Crippen molar-refractivity contribution in [2.24, 2.45) is 0 Å². The Kier molecular flexibility index (Phi) is 6.97. The third-order valence-corrected chi connectivity index (χ3v) is 6.66. The van der Waals surface area contributed by atoms with Crippen LogP contribution in [0, 0.1) is 6.92 Å². The number of benzene rings is 2. The molecule has 180 valence electrons. The molecule has 2 heterocycles. The van der Waals surface area contributed by atoms with Crippen LogP contribution < -0.4 is 9.64 Å². The minimum Gasteiger partial charge on any atom is -0.507 e. The Morgan fingerprint density at radius 3 is 2.43 bits per heavy atom. The Hall–Kier alpha value is -3.98. The molecular formula is C26H24N2O6S. The van der Waals surface area contributed by atoms with Crippen LogP contribution in [-0.4, -0.2) is 41.5 Å². The number of hydrogen-bond donors (Lipinski definition) is 1. The molecule has 1 aliphatic heterocycles. The molecular weight excluding hydrogens is 468 g/mol. The van der Waals surface area contributed by atoms with E-state index in [1.165, 1.54) is 12.0 Å². The summed E-state index contributed by atoms with van der Waals surface area (Å²) in [4.78, 5) is 44.4. The third kappa shape index (κ3) is 4.54. The largest absolute Gasteiger partial charge is 0.507 e. The summed E-state index contributed by atoms with van der Waals surface area (Å²) in [5, 5.41) is 11.4. The van der Waals surface area contributed by atoms with E-state index >= 15 is 0 Å². The molecule has 1 atom stereocenters. The molecule has 0 saturated carbocycles. The van der Waals surface area contributed by atoms with Gasteiger partial charge in [0.05, 0.1) is 31.0 Å². The molecule has 1 N–H and O–H groups in total. The lowest BCUT2D eigenvalue weighted by Crippen LogP contribution is -2.29. The molecule has 1 aliphatic rings. The van der Waals surface area contributed by atoms with Crippen LogP contribution in [-0.2, 0) is 14.3 Å². The summed E-state index contributed by atoms with van der Waals surface area (Å²) >= 11 is 0.959. The number of aromatic nitrogens is 1. The van der Waals surface area contributed by atoms with Gasteiger partial charge in [-0.2, -0.15) is 0 Å². The molecule has 0 radical (unpaired) electrons. The van der Waals surface area contributed by atoms with E-state index in [-0.39, 0.29) is 21.3 Å². The number of nitrogens with zero attached hydrogens (tertiary/aromatic N) is 2. The molecule has 1 amide bonds. The highest BCUT2D eigenvalue weighted by atomic mass is 32.1. The first-order valence-corrected chi connectivity index (χ1v) is 11.8. The second-order valence-electron chi connectivity index (χ2n) is 7.86. The normalized spacial score (nSPS) is 17.0. The highest BCUT2D eigenvalue weighted by Gasteiger charge is 2.48. The Labute approximate surface area is 206 Å². The van der Waals surface area contributed by atoms with Gasteiger partial charge >= 0.3 is 11.9 Å². The van der Waals surface area contributed by atoms with Gasteiger partial charge in [-0.05, 0) is 43.2 Å². The maximum Gasteiger partial charge on any atom is 0.350 e. The molecule has 8 nitrogen and oxygen atoms in total. The van der Waals surface area contributed by atoms with Crippen molar-refractivity contribution in [3.63, 3.8) is 0 Å². The van der Waals surface area contributed by atoms with Gasteiger partial charge in [0, 0.05) is 5.56 Å². The fourth-order valence-corrected chi connectivity index (χ4v) is 4.84. The van der Waals surface area contributed by atoms with Crippen LogP contribution in [0.15, 0.2) is 60.2 Å². The van der Waals surface area contributed by atoms with E-state index in [0.29, 0.717) is 29.2 Å². The molecule has 0 bridgehead atoms. The van der Waals surface area contributed by atoms with Crippen LogP contribution >= 0.6 is 11.3 Å². The summed E-state index contributed by atoms with van der Waals surface area (Å²) in [6.45, 7) is 4.19.